The molecule has 1 unspecified atom stereocenters. The first-order chi connectivity index (χ1) is 16.4. The van der Waals surface area contributed by atoms with Gasteiger partial charge in [-0.15, -0.1) is 0 Å². The maximum absolute atomic E-state index is 13.1. The Balaban J connectivity index is 1.38. The average Bonchev–Trinajstić information content (AvgIpc) is 3.20. The van der Waals surface area contributed by atoms with Gasteiger partial charge in [-0.25, -0.2) is 9.37 Å². The minimum atomic E-state index is -0.587. The van der Waals surface area contributed by atoms with Crippen LogP contribution < -0.4 is 4.90 Å². The molecule has 3 aliphatic heterocycles. The summed E-state index contributed by atoms with van der Waals surface area (Å²) in [7, 11) is 3.22. The minimum absolute atomic E-state index is 0.237. The van der Waals surface area contributed by atoms with Crippen molar-refractivity contribution in [1.29, 1.82) is 0 Å². The van der Waals surface area contributed by atoms with Gasteiger partial charge in [0.2, 0.25) is 0 Å². The summed E-state index contributed by atoms with van der Waals surface area (Å²) in [4.78, 5) is 37.9. The van der Waals surface area contributed by atoms with Gasteiger partial charge >= 0.3 is 11.9 Å². The fourth-order valence-electron chi connectivity index (χ4n) is 4.77. The standard InChI is InChI=1S/C25H28ClN6O2/c1-28-23-22(24(33)29(2)25(28)34)32(16-18-7-4-3-5-8-18)21(27-23)17-30-11-13-31(14-12-30)20-10-6-9-19(26)15-20/h3-10,15,22H,11-14,16-17H2,1-2H3/q+1. The van der Waals surface area contributed by atoms with Crippen LogP contribution in [-0.4, -0.2) is 95.7 Å². The monoisotopic (exact) mass is 479 g/mol. The van der Waals surface area contributed by atoms with Crippen LogP contribution in [0, 0.1) is 0 Å². The van der Waals surface area contributed by atoms with Gasteiger partial charge in [0.05, 0.1) is 0 Å². The average molecular weight is 480 g/mol. The second kappa shape index (κ2) is 9.19. The van der Waals surface area contributed by atoms with Crippen LogP contribution in [0.4, 0.5) is 10.5 Å². The Kier molecular flexibility index (Phi) is 6.10. The summed E-state index contributed by atoms with van der Waals surface area (Å²) in [5.41, 5.74) is 2.23. The van der Waals surface area contributed by atoms with Gasteiger partial charge in [0, 0.05) is 51.0 Å². The van der Waals surface area contributed by atoms with E-state index >= 15 is 0 Å². The van der Waals surface area contributed by atoms with Crippen molar-refractivity contribution in [3.63, 3.8) is 0 Å². The van der Waals surface area contributed by atoms with Gasteiger partial charge in [-0.1, -0.05) is 48.0 Å². The molecule has 176 valence electrons. The molecule has 8 nitrogen and oxygen atoms in total. The predicted molar refractivity (Wildman–Crippen MR) is 133 cm³/mol. The molecular weight excluding hydrogens is 452 g/mol. The Morgan fingerprint density at radius 3 is 2.41 bits per heavy atom. The molecule has 0 bridgehead atoms. The van der Waals surface area contributed by atoms with Crippen molar-refractivity contribution in [2.45, 2.75) is 12.6 Å². The summed E-state index contributed by atoms with van der Waals surface area (Å²) in [6, 6.07) is 17.1. The second-order valence-corrected chi connectivity index (χ2v) is 9.32. The molecule has 34 heavy (non-hydrogen) atoms. The maximum Gasteiger partial charge on any atom is 0.333 e. The van der Waals surface area contributed by atoms with Crippen molar-refractivity contribution in [3.8, 4) is 0 Å². The maximum atomic E-state index is 13.1. The zero-order valence-corrected chi connectivity index (χ0v) is 20.1. The molecule has 1 atom stereocenters. The first kappa shape index (κ1) is 22.6. The van der Waals surface area contributed by atoms with Crippen molar-refractivity contribution in [3.05, 3.63) is 65.2 Å². The van der Waals surface area contributed by atoms with Gasteiger partial charge in [-0.05, 0) is 28.8 Å². The normalized spacial score (nSPS) is 21.3. The summed E-state index contributed by atoms with van der Waals surface area (Å²) < 4.78 is 2.05. The van der Waals surface area contributed by atoms with Crippen LogP contribution in [0.25, 0.3) is 0 Å². The number of amides is 3. The number of aliphatic imine (C=N–C) groups is 1. The highest BCUT2D eigenvalue weighted by Crippen LogP contribution is 2.23. The van der Waals surface area contributed by atoms with E-state index in [1.54, 1.807) is 7.05 Å². The number of imide groups is 1. The zero-order chi connectivity index (χ0) is 23.8. The number of benzene rings is 2. The van der Waals surface area contributed by atoms with Gasteiger partial charge in [0.1, 0.15) is 13.1 Å². The van der Waals surface area contributed by atoms with E-state index in [2.05, 4.69) is 20.4 Å². The smallest absolute Gasteiger partial charge is 0.333 e. The number of nitrogens with zero attached hydrogens (tertiary/aromatic N) is 6. The third kappa shape index (κ3) is 4.19. The van der Waals surface area contributed by atoms with E-state index < -0.39 is 6.04 Å². The Bertz CT molecular complexity index is 1170. The fraction of sp³-hybridized carbons (Fsp3) is 0.360. The van der Waals surface area contributed by atoms with Crippen molar-refractivity contribution >= 4 is 40.9 Å². The van der Waals surface area contributed by atoms with E-state index in [1.807, 2.05) is 48.5 Å². The molecule has 0 aromatic heterocycles. The lowest BCUT2D eigenvalue weighted by Gasteiger charge is -2.35. The van der Waals surface area contributed by atoms with Crippen LogP contribution in [0.15, 0.2) is 59.6 Å². The largest absolute Gasteiger partial charge is 0.369 e. The number of urea groups is 1. The highest BCUT2D eigenvalue weighted by Gasteiger charge is 2.53. The number of rotatable bonds is 5. The number of hydrogen-bond donors (Lipinski definition) is 0. The summed E-state index contributed by atoms with van der Waals surface area (Å²) in [6.07, 6.45) is 0. The molecule has 9 heteroatoms. The number of likely N-dealkylation sites (N-methyl/N-ethyl adjacent to an activating group) is 2. The molecule has 2 saturated heterocycles. The van der Waals surface area contributed by atoms with Crippen LogP contribution >= 0.6 is 11.6 Å². The molecule has 3 aliphatic rings. The van der Waals surface area contributed by atoms with E-state index in [-0.39, 0.29) is 11.9 Å². The number of piperazine rings is 1. The number of carbonyl (C=O) groups is 2. The number of carbonyl (C=O) groups excluding carboxylic acids is 2. The summed E-state index contributed by atoms with van der Waals surface area (Å²) in [6.45, 7) is 4.67. The lowest BCUT2D eigenvalue weighted by atomic mass is 10.1. The number of hydrogen-bond acceptors (Lipinski definition) is 5. The predicted octanol–water partition coefficient (Wildman–Crippen LogP) is 2.38. The molecule has 3 heterocycles. The number of fused-ring (bicyclic) bond motifs is 1. The third-order valence-corrected chi connectivity index (χ3v) is 6.95. The Labute approximate surface area is 204 Å². The van der Waals surface area contributed by atoms with Crippen LogP contribution in [-0.2, 0) is 11.3 Å². The summed E-state index contributed by atoms with van der Waals surface area (Å²) >= 11 is 6.17. The van der Waals surface area contributed by atoms with Crippen LogP contribution in [0.2, 0.25) is 5.02 Å². The Morgan fingerprint density at radius 2 is 1.71 bits per heavy atom. The SMILES string of the molecule is CN1C(=O)C2C(=NC(CN3CCN(c4cccc(Cl)c4)CC3)=[N+]2Cc2ccccc2)N(C)C1=O. The Morgan fingerprint density at radius 1 is 0.971 bits per heavy atom. The summed E-state index contributed by atoms with van der Waals surface area (Å²) in [5.74, 6) is 1.10. The van der Waals surface area contributed by atoms with Crippen molar-refractivity contribution in [2.24, 2.45) is 4.99 Å². The molecule has 0 spiro atoms. The van der Waals surface area contributed by atoms with Gasteiger partial charge in [0.25, 0.3) is 17.8 Å². The number of amidine groups is 2. The lowest BCUT2D eigenvalue weighted by molar-refractivity contribution is -0.552. The van der Waals surface area contributed by atoms with E-state index in [1.165, 1.54) is 16.8 Å². The highest BCUT2D eigenvalue weighted by molar-refractivity contribution is 6.30. The molecule has 0 saturated carbocycles. The van der Waals surface area contributed by atoms with E-state index in [4.69, 9.17) is 16.6 Å². The molecule has 3 amide bonds. The Hall–Kier alpha value is -3.23. The second-order valence-electron chi connectivity index (χ2n) is 8.88. The quantitative estimate of drug-likeness (QED) is 0.618. The van der Waals surface area contributed by atoms with E-state index in [9.17, 15) is 9.59 Å². The number of anilines is 1. The third-order valence-electron chi connectivity index (χ3n) is 6.72. The lowest BCUT2D eigenvalue weighted by Crippen LogP contribution is -2.61. The van der Waals surface area contributed by atoms with Gasteiger partial charge < -0.3 is 4.90 Å². The first-order valence-electron chi connectivity index (χ1n) is 11.5. The molecule has 2 fully saturated rings. The van der Waals surface area contributed by atoms with Crippen molar-refractivity contribution < 1.29 is 14.2 Å². The molecule has 5 rings (SSSR count). The van der Waals surface area contributed by atoms with Gasteiger partial charge in [-0.3, -0.25) is 19.5 Å². The fourth-order valence-corrected chi connectivity index (χ4v) is 4.96. The summed E-state index contributed by atoms with van der Waals surface area (Å²) in [5, 5.41) is 0.740. The minimum Gasteiger partial charge on any atom is -0.369 e. The van der Waals surface area contributed by atoms with E-state index in [0.717, 1.165) is 48.3 Å². The molecule has 0 radical (unpaired) electrons. The zero-order valence-electron chi connectivity index (χ0n) is 19.4. The molecular formula is C25H28ClN6O2+. The van der Waals surface area contributed by atoms with E-state index in [0.29, 0.717) is 18.9 Å². The highest BCUT2D eigenvalue weighted by atomic mass is 35.5. The number of halogens is 1. The van der Waals surface area contributed by atoms with Crippen molar-refractivity contribution in [2.75, 3.05) is 51.7 Å². The molecule has 2 aromatic carbocycles. The van der Waals surface area contributed by atoms with Crippen molar-refractivity contribution in [1.82, 2.24) is 14.7 Å². The first-order valence-corrected chi connectivity index (χ1v) is 11.8. The van der Waals surface area contributed by atoms with Crippen LogP contribution in [0.1, 0.15) is 5.56 Å². The van der Waals surface area contributed by atoms with Gasteiger partial charge in [-0.2, -0.15) is 0 Å². The topological polar surface area (TPSA) is 62.5 Å². The molecule has 0 N–H and O–H groups in total. The van der Waals surface area contributed by atoms with Crippen LogP contribution in [0.3, 0.4) is 0 Å². The molecule has 2 aromatic rings. The van der Waals surface area contributed by atoms with Crippen LogP contribution in [0.5, 0.6) is 0 Å². The molecule has 0 aliphatic carbocycles. The van der Waals surface area contributed by atoms with Gasteiger partial charge in [0.15, 0.2) is 0 Å².